The first-order valence-electron chi connectivity index (χ1n) is 7.73. The normalized spacial score (nSPS) is 10.5. The molecule has 0 fully saturated rings. The van der Waals surface area contributed by atoms with Gasteiger partial charge in [-0.3, -0.25) is 5.32 Å². The monoisotopic (exact) mass is 312 g/mol. The number of nitrogens with zero attached hydrogens (tertiary/aromatic N) is 1. The van der Waals surface area contributed by atoms with Crippen LogP contribution < -0.4 is 16.0 Å². The molecule has 1 aromatic heterocycles. The quantitative estimate of drug-likeness (QED) is 0.789. The lowest BCUT2D eigenvalue weighted by atomic mass is 10.0. The van der Waals surface area contributed by atoms with E-state index in [0.29, 0.717) is 5.82 Å². The molecule has 5 heteroatoms. The van der Waals surface area contributed by atoms with Crippen molar-refractivity contribution in [3.8, 4) is 0 Å². The molecule has 0 atom stereocenters. The number of hydrogen-bond donors (Lipinski definition) is 3. The van der Waals surface area contributed by atoms with Crippen LogP contribution in [0.25, 0.3) is 0 Å². The second-order valence-corrected chi connectivity index (χ2v) is 6.08. The number of anilines is 3. The number of carbonyl (C=O) groups is 1. The van der Waals surface area contributed by atoms with E-state index in [2.05, 4.69) is 53.8 Å². The van der Waals surface area contributed by atoms with Gasteiger partial charge in [-0.05, 0) is 57.9 Å². The fourth-order valence-electron chi connectivity index (χ4n) is 2.48. The second kappa shape index (κ2) is 7.13. The first-order valence-corrected chi connectivity index (χ1v) is 7.73. The molecule has 3 N–H and O–H groups in total. The van der Waals surface area contributed by atoms with E-state index >= 15 is 0 Å². The summed E-state index contributed by atoms with van der Waals surface area (Å²) >= 11 is 0. The molecule has 0 aliphatic rings. The number of carbonyl (C=O) groups excluding carboxylic acids is 1. The Balaban J connectivity index is 2.07. The molecule has 122 valence electrons. The summed E-state index contributed by atoms with van der Waals surface area (Å²) in [4.78, 5) is 15.9. The molecule has 0 aliphatic heterocycles. The minimum absolute atomic E-state index is 0.0865. The first-order chi connectivity index (χ1) is 10.8. The summed E-state index contributed by atoms with van der Waals surface area (Å²) in [6.45, 7) is 10.1. The predicted molar refractivity (Wildman–Crippen MR) is 95.5 cm³/mol. The number of aromatic nitrogens is 1. The van der Waals surface area contributed by atoms with Crippen molar-refractivity contribution >= 4 is 23.2 Å². The Kier molecular flexibility index (Phi) is 5.21. The fraction of sp³-hybridized carbons (Fsp3) is 0.333. The largest absolute Gasteiger partial charge is 0.354 e. The molecule has 1 heterocycles. The SMILES string of the molecule is Cc1cc(C)c(Nc2ccc(NC(=O)NC(C)C)nc2)c(C)c1. The van der Waals surface area contributed by atoms with Crippen molar-refractivity contribution in [3.63, 3.8) is 0 Å². The maximum absolute atomic E-state index is 11.6. The van der Waals surface area contributed by atoms with E-state index in [1.54, 1.807) is 12.3 Å². The second-order valence-electron chi connectivity index (χ2n) is 6.08. The third kappa shape index (κ3) is 4.71. The molecule has 0 unspecified atom stereocenters. The maximum atomic E-state index is 11.6. The number of pyridine rings is 1. The number of aryl methyl sites for hydroxylation is 3. The minimum Gasteiger partial charge on any atom is -0.354 e. The topological polar surface area (TPSA) is 66.0 Å². The van der Waals surface area contributed by atoms with Gasteiger partial charge >= 0.3 is 6.03 Å². The Bertz CT molecular complexity index is 670. The lowest BCUT2D eigenvalue weighted by Crippen LogP contribution is -2.34. The Hall–Kier alpha value is -2.56. The Morgan fingerprint density at radius 1 is 1.09 bits per heavy atom. The Morgan fingerprint density at radius 3 is 2.26 bits per heavy atom. The van der Waals surface area contributed by atoms with E-state index in [-0.39, 0.29) is 12.1 Å². The van der Waals surface area contributed by atoms with Crippen LogP contribution in [0.2, 0.25) is 0 Å². The van der Waals surface area contributed by atoms with Crippen LogP contribution in [0.15, 0.2) is 30.5 Å². The summed E-state index contributed by atoms with van der Waals surface area (Å²) in [5.74, 6) is 0.519. The van der Waals surface area contributed by atoms with Crippen LogP contribution in [0.4, 0.5) is 22.0 Å². The number of urea groups is 1. The molecular formula is C18H24N4O. The number of rotatable bonds is 4. The number of benzene rings is 1. The Morgan fingerprint density at radius 2 is 1.74 bits per heavy atom. The van der Waals surface area contributed by atoms with Gasteiger partial charge in [0.1, 0.15) is 5.82 Å². The molecule has 2 rings (SSSR count). The van der Waals surface area contributed by atoms with Gasteiger partial charge < -0.3 is 10.6 Å². The van der Waals surface area contributed by atoms with Crippen molar-refractivity contribution in [2.75, 3.05) is 10.6 Å². The van der Waals surface area contributed by atoms with E-state index in [9.17, 15) is 4.79 Å². The molecule has 1 aromatic carbocycles. The molecule has 2 aromatic rings. The van der Waals surface area contributed by atoms with Crippen LogP contribution in [0.5, 0.6) is 0 Å². The lowest BCUT2D eigenvalue weighted by molar-refractivity contribution is 0.250. The third-order valence-electron chi connectivity index (χ3n) is 3.37. The van der Waals surface area contributed by atoms with Crippen LogP contribution in [0, 0.1) is 20.8 Å². The van der Waals surface area contributed by atoms with Gasteiger partial charge in [0, 0.05) is 11.7 Å². The third-order valence-corrected chi connectivity index (χ3v) is 3.37. The first kappa shape index (κ1) is 16.8. The van der Waals surface area contributed by atoms with Gasteiger partial charge in [0.2, 0.25) is 0 Å². The summed E-state index contributed by atoms with van der Waals surface area (Å²) < 4.78 is 0. The van der Waals surface area contributed by atoms with Gasteiger partial charge in [0.25, 0.3) is 0 Å². The molecule has 0 bridgehead atoms. The molecular weight excluding hydrogens is 288 g/mol. The van der Waals surface area contributed by atoms with E-state index in [1.165, 1.54) is 16.7 Å². The van der Waals surface area contributed by atoms with Crippen LogP contribution >= 0.6 is 0 Å². The van der Waals surface area contributed by atoms with Gasteiger partial charge in [-0.1, -0.05) is 17.7 Å². The molecule has 0 radical (unpaired) electrons. The van der Waals surface area contributed by atoms with Gasteiger partial charge in [-0.25, -0.2) is 9.78 Å². The molecule has 5 nitrogen and oxygen atoms in total. The summed E-state index contributed by atoms with van der Waals surface area (Å²) in [5, 5.41) is 8.86. The highest BCUT2D eigenvalue weighted by Gasteiger charge is 2.06. The Labute approximate surface area is 137 Å². The highest BCUT2D eigenvalue weighted by molar-refractivity contribution is 5.88. The average Bonchev–Trinajstić information content (AvgIpc) is 2.43. The van der Waals surface area contributed by atoms with Gasteiger partial charge in [0.05, 0.1) is 11.9 Å². The zero-order valence-corrected chi connectivity index (χ0v) is 14.3. The van der Waals surface area contributed by atoms with E-state index in [0.717, 1.165) is 11.4 Å². The summed E-state index contributed by atoms with van der Waals surface area (Å²) in [5.41, 5.74) is 5.62. The lowest BCUT2D eigenvalue weighted by Gasteiger charge is -2.14. The van der Waals surface area contributed by atoms with E-state index < -0.39 is 0 Å². The zero-order chi connectivity index (χ0) is 17.0. The maximum Gasteiger partial charge on any atom is 0.320 e. The van der Waals surface area contributed by atoms with Crippen molar-refractivity contribution < 1.29 is 4.79 Å². The molecule has 0 aliphatic carbocycles. The van der Waals surface area contributed by atoms with Crippen molar-refractivity contribution in [2.24, 2.45) is 0 Å². The molecule has 2 amide bonds. The van der Waals surface area contributed by atoms with Gasteiger partial charge in [-0.15, -0.1) is 0 Å². The van der Waals surface area contributed by atoms with Crippen molar-refractivity contribution in [2.45, 2.75) is 40.7 Å². The molecule has 23 heavy (non-hydrogen) atoms. The standard InChI is InChI=1S/C18H24N4O/c1-11(2)20-18(23)22-16-7-6-15(10-19-16)21-17-13(4)8-12(3)9-14(17)5/h6-11,21H,1-5H3,(H2,19,20,22,23). The smallest absolute Gasteiger partial charge is 0.320 e. The van der Waals surface area contributed by atoms with E-state index in [4.69, 9.17) is 0 Å². The summed E-state index contributed by atoms with van der Waals surface area (Å²) in [6, 6.07) is 7.81. The van der Waals surface area contributed by atoms with Crippen LogP contribution in [-0.2, 0) is 0 Å². The molecule has 0 saturated carbocycles. The number of hydrogen-bond acceptors (Lipinski definition) is 3. The van der Waals surface area contributed by atoms with Crippen molar-refractivity contribution in [1.29, 1.82) is 0 Å². The molecule has 0 saturated heterocycles. The predicted octanol–water partition coefficient (Wildman–Crippen LogP) is 4.28. The molecule has 0 spiro atoms. The van der Waals surface area contributed by atoms with E-state index in [1.807, 2.05) is 19.9 Å². The van der Waals surface area contributed by atoms with Crippen molar-refractivity contribution in [1.82, 2.24) is 10.3 Å². The fourth-order valence-corrected chi connectivity index (χ4v) is 2.48. The zero-order valence-electron chi connectivity index (χ0n) is 14.3. The summed E-state index contributed by atoms with van der Waals surface area (Å²) in [6.07, 6.45) is 1.71. The minimum atomic E-state index is -0.251. The average molecular weight is 312 g/mol. The van der Waals surface area contributed by atoms with Gasteiger partial charge in [0.15, 0.2) is 0 Å². The number of nitrogens with one attached hydrogen (secondary N) is 3. The van der Waals surface area contributed by atoms with Crippen molar-refractivity contribution in [3.05, 3.63) is 47.2 Å². The highest BCUT2D eigenvalue weighted by Crippen LogP contribution is 2.25. The van der Waals surface area contributed by atoms with Gasteiger partial charge in [-0.2, -0.15) is 0 Å². The van der Waals surface area contributed by atoms with Crippen LogP contribution in [-0.4, -0.2) is 17.1 Å². The highest BCUT2D eigenvalue weighted by atomic mass is 16.2. The van der Waals surface area contributed by atoms with Crippen LogP contribution in [0.3, 0.4) is 0 Å². The summed E-state index contributed by atoms with van der Waals surface area (Å²) in [7, 11) is 0. The number of amides is 2. The van der Waals surface area contributed by atoms with Crippen LogP contribution in [0.1, 0.15) is 30.5 Å².